The molecule has 14 heavy (non-hydrogen) atoms. The van der Waals surface area contributed by atoms with Crippen molar-refractivity contribution >= 4 is 5.78 Å². The highest BCUT2D eigenvalue weighted by Gasteiger charge is 2.05. The van der Waals surface area contributed by atoms with Crippen LogP contribution in [0, 0.1) is 0 Å². The molecule has 1 aromatic rings. The smallest absolute Gasteiger partial charge is 0.162 e. The fourth-order valence-electron chi connectivity index (χ4n) is 1.35. The van der Waals surface area contributed by atoms with Gasteiger partial charge in [-0.05, 0) is 19.4 Å². The molecule has 76 valence electrons. The maximum Gasteiger partial charge on any atom is 0.162 e. The van der Waals surface area contributed by atoms with E-state index in [-0.39, 0.29) is 5.78 Å². The fourth-order valence-corrected chi connectivity index (χ4v) is 1.35. The van der Waals surface area contributed by atoms with Gasteiger partial charge in [0.15, 0.2) is 5.78 Å². The summed E-state index contributed by atoms with van der Waals surface area (Å²) in [7, 11) is 0. The molecule has 0 amide bonds. The highest BCUT2D eigenvalue weighted by molar-refractivity contribution is 5.90. The molecule has 3 nitrogen and oxygen atoms in total. The van der Waals surface area contributed by atoms with E-state index in [1.807, 2.05) is 17.7 Å². The molecule has 0 spiro atoms. The van der Waals surface area contributed by atoms with E-state index in [0.29, 0.717) is 6.42 Å². The van der Waals surface area contributed by atoms with Crippen LogP contribution in [0.25, 0.3) is 0 Å². The van der Waals surface area contributed by atoms with Gasteiger partial charge in [0.1, 0.15) is 5.82 Å². The van der Waals surface area contributed by atoms with Gasteiger partial charge in [0.25, 0.3) is 0 Å². The van der Waals surface area contributed by atoms with Crippen molar-refractivity contribution in [2.75, 3.05) is 0 Å². The highest BCUT2D eigenvalue weighted by atomic mass is 16.1. The number of hydrogen-bond donors (Lipinski definition) is 0. The van der Waals surface area contributed by atoms with Crippen LogP contribution in [0.5, 0.6) is 0 Å². The summed E-state index contributed by atoms with van der Waals surface area (Å²) in [6.07, 6.45) is 8.47. The van der Waals surface area contributed by atoms with Crippen LogP contribution in [0.4, 0.5) is 0 Å². The number of allylic oxidation sites excluding steroid dienone is 2. The Morgan fingerprint density at radius 3 is 3.07 bits per heavy atom. The van der Waals surface area contributed by atoms with E-state index >= 15 is 0 Å². The molecular formula is C11H16N2O. The first-order valence-electron chi connectivity index (χ1n) is 4.93. The van der Waals surface area contributed by atoms with Gasteiger partial charge in [0, 0.05) is 18.9 Å². The van der Waals surface area contributed by atoms with Gasteiger partial charge < -0.3 is 4.57 Å². The molecule has 1 heterocycles. The number of rotatable bonds is 5. The van der Waals surface area contributed by atoms with E-state index in [1.54, 1.807) is 18.3 Å². The molecule has 0 saturated carbocycles. The summed E-state index contributed by atoms with van der Waals surface area (Å²) in [5.74, 6) is 0.964. The second kappa shape index (κ2) is 5.37. The van der Waals surface area contributed by atoms with E-state index < -0.39 is 0 Å². The molecule has 0 atom stereocenters. The van der Waals surface area contributed by atoms with Crippen molar-refractivity contribution < 1.29 is 4.79 Å². The Morgan fingerprint density at radius 1 is 1.64 bits per heavy atom. The predicted octanol–water partition coefficient (Wildman–Crippen LogP) is 1.98. The summed E-state index contributed by atoms with van der Waals surface area (Å²) in [6, 6.07) is 0. The number of carbonyl (C=O) groups excluding carboxylic acids is 1. The van der Waals surface area contributed by atoms with Crippen LogP contribution in [0.2, 0.25) is 0 Å². The Kier molecular flexibility index (Phi) is 4.11. The van der Waals surface area contributed by atoms with E-state index in [0.717, 1.165) is 18.8 Å². The predicted molar refractivity (Wildman–Crippen MR) is 56.0 cm³/mol. The molecule has 0 aliphatic rings. The molecule has 0 bridgehead atoms. The minimum Gasteiger partial charge on any atom is -0.335 e. The highest BCUT2D eigenvalue weighted by Crippen LogP contribution is 2.01. The normalized spacial score (nSPS) is 11.0. The van der Waals surface area contributed by atoms with Crippen molar-refractivity contribution in [2.45, 2.75) is 33.2 Å². The average molecular weight is 192 g/mol. The molecule has 0 aliphatic carbocycles. The van der Waals surface area contributed by atoms with Crippen molar-refractivity contribution in [1.82, 2.24) is 9.55 Å². The summed E-state index contributed by atoms with van der Waals surface area (Å²) < 4.78 is 2.03. The zero-order valence-corrected chi connectivity index (χ0v) is 8.73. The van der Waals surface area contributed by atoms with Gasteiger partial charge in [-0.15, -0.1) is 0 Å². The molecule has 0 saturated heterocycles. The topological polar surface area (TPSA) is 34.9 Å². The number of hydrogen-bond acceptors (Lipinski definition) is 2. The Balaban J connectivity index is 2.66. The average Bonchev–Trinajstić information content (AvgIpc) is 2.54. The summed E-state index contributed by atoms with van der Waals surface area (Å²) in [5, 5.41) is 0. The van der Waals surface area contributed by atoms with E-state index in [2.05, 4.69) is 11.9 Å². The maximum atomic E-state index is 11.3. The molecular weight excluding hydrogens is 176 g/mol. The number of aromatic nitrogens is 2. The van der Waals surface area contributed by atoms with Gasteiger partial charge in [-0.25, -0.2) is 4.98 Å². The molecule has 1 rings (SSSR count). The summed E-state index contributed by atoms with van der Waals surface area (Å²) in [4.78, 5) is 15.5. The number of imidazole rings is 1. The Morgan fingerprint density at radius 2 is 2.43 bits per heavy atom. The number of ketones is 1. The van der Waals surface area contributed by atoms with Crippen molar-refractivity contribution in [3.63, 3.8) is 0 Å². The van der Waals surface area contributed by atoms with E-state index in [9.17, 15) is 4.79 Å². The van der Waals surface area contributed by atoms with Gasteiger partial charge in [-0.3, -0.25) is 4.79 Å². The van der Waals surface area contributed by atoms with Crippen LogP contribution < -0.4 is 0 Å². The van der Waals surface area contributed by atoms with Crippen LogP contribution in [-0.2, 0) is 17.8 Å². The maximum absolute atomic E-state index is 11.3. The Bertz CT molecular complexity index is 326. The van der Waals surface area contributed by atoms with Crippen molar-refractivity contribution in [3.8, 4) is 0 Å². The molecule has 3 heteroatoms. The third-order valence-electron chi connectivity index (χ3n) is 1.95. The van der Waals surface area contributed by atoms with Crippen molar-refractivity contribution in [3.05, 3.63) is 30.4 Å². The van der Waals surface area contributed by atoms with Crippen molar-refractivity contribution in [2.24, 2.45) is 0 Å². The molecule has 0 N–H and O–H groups in total. The lowest BCUT2D eigenvalue weighted by Gasteiger charge is -2.03. The first-order chi connectivity index (χ1) is 6.77. The standard InChI is InChI=1S/C11H16N2O/c1-3-5-10(14)9-11-12-6-8-13(11)7-4-2/h3,5-6,8H,4,7,9H2,1-2H3/b5-3+. The van der Waals surface area contributed by atoms with Gasteiger partial charge in [-0.2, -0.15) is 0 Å². The fraction of sp³-hybridized carbons (Fsp3) is 0.455. The van der Waals surface area contributed by atoms with E-state index in [1.165, 1.54) is 0 Å². The third kappa shape index (κ3) is 2.83. The minimum absolute atomic E-state index is 0.107. The second-order valence-corrected chi connectivity index (χ2v) is 3.18. The van der Waals surface area contributed by atoms with Gasteiger partial charge in [0.05, 0.1) is 6.42 Å². The zero-order chi connectivity index (χ0) is 10.4. The monoisotopic (exact) mass is 192 g/mol. The van der Waals surface area contributed by atoms with Crippen LogP contribution in [-0.4, -0.2) is 15.3 Å². The molecule has 1 aromatic heterocycles. The second-order valence-electron chi connectivity index (χ2n) is 3.18. The molecule has 0 aliphatic heterocycles. The summed E-state index contributed by atoms with van der Waals surface area (Å²) >= 11 is 0. The van der Waals surface area contributed by atoms with Crippen LogP contribution in [0.1, 0.15) is 26.1 Å². The third-order valence-corrected chi connectivity index (χ3v) is 1.95. The first-order valence-corrected chi connectivity index (χ1v) is 4.93. The molecule has 0 unspecified atom stereocenters. The quantitative estimate of drug-likeness (QED) is 0.669. The molecule has 0 aromatic carbocycles. The number of carbonyl (C=O) groups is 1. The van der Waals surface area contributed by atoms with Gasteiger partial charge in [0.2, 0.25) is 0 Å². The van der Waals surface area contributed by atoms with Crippen LogP contribution >= 0.6 is 0 Å². The lowest BCUT2D eigenvalue weighted by atomic mass is 10.2. The molecule has 0 radical (unpaired) electrons. The van der Waals surface area contributed by atoms with E-state index in [4.69, 9.17) is 0 Å². The number of nitrogens with zero attached hydrogens (tertiary/aromatic N) is 2. The largest absolute Gasteiger partial charge is 0.335 e. The van der Waals surface area contributed by atoms with Crippen LogP contribution in [0.15, 0.2) is 24.5 Å². The van der Waals surface area contributed by atoms with Crippen molar-refractivity contribution in [1.29, 1.82) is 0 Å². The first kappa shape index (κ1) is 10.7. The van der Waals surface area contributed by atoms with Crippen LogP contribution in [0.3, 0.4) is 0 Å². The zero-order valence-electron chi connectivity index (χ0n) is 8.73. The van der Waals surface area contributed by atoms with Gasteiger partial charge in [-0.1, -0.05) is 13.0 Å². The van der Waals surface area contributed by atoms with Gasteiger partial charge >= 0.3 is 0 Å². The lowest BCUT2D eigenvalue weighted by Crippen LogP contribution is -2.07. The minimum atomic E-state index is 0.107. The summed E-state index contributed by atoms with van der Waals surface area (Å²) in [5.41, 5.74) is 0. The SMILES string of the molecule is C/C=C/C(=O)Cc1nccn1CCC. The lowest BCUT2D eigenvalue weighted by molar-refractivity contribution is -0.114. The summed E-state index contributed by atoms with van der Waals surface area (Å²) in [6.45, 7) is 4.88. The number of aryl methyl sites for hydroxylation is 1. The molecule has 0 fully saturated rings. The Labute approximate surface area is 84.5 Å². The Hall–Kier alpha value is -1.38.